The van der Waals surface area contributed by atoms with Gasteiger partial charge in [-0.3, -0.25) is 9.88 Å². The lowest BCUT2D eigenvalue weighted by Crippen LogP contribution is -2.41. The van der Waals surface area contributed by atoms with E-state index in [0.29, 0.717) is 19.8 Å². The van der Waals surface area contributed by atoms with E-state index in [1.54, 1.807) is 24.5 Å². The lowest BCUT2D eigenvalue weighted by atomic mass is 10.0. The largest absolute Gasteiger partial charge is 0.379 e. The van der Waals surface area contributed by atoms with Crippen molar-refractivity contribution in [3.05, 3.63) is 54.1 Å². The van der Waals surface area contributed by atoms with E-state index in [9.17, 15) is 4.39 Å². The second-order valence-electron chi connectivity index (χ2n) is 6.46. The van der Waals surface area contributed by atoms with Crippen LogP contribution >= 0.6 is 0 Å². The van der Waals surface area contributed by atoms with Gasteiger partial charge in [0.1, 0.15) is 5.82 Å². The van der Waals surface area contributed by atoms with Gasteiger partial charge in [-0.25, -0.2) is 9.37 Å². The molecule has 0 bridgehead atoms. The smallest absolute Gasteiger partial charge is 0.203 e. The fraction of sp³-hybridized carbons (Fsp3) is 0.368. The highest BCUT2D eigenvalue weighted by Crippen LogP contribution is 2.24. The van der Waals surface area contributed by atoms with Gasteiger partial charge in [0.2, 0.25) is 5.95 Å². The predicted octanol–water partition coefficient (Wildman–Crippen LogP) is 2.59. The molecule has 0 aliphatic carbocycles. The summed E-state index contributed by atoms with van der Waals surface area (Å²) in [6.07, 6.45) is 3.54. The number of hydrogen-bond donors (Lipinski definition) is 1. The lowest BCUT2D eigenvalue weighted by molar-refractivity contribution is 0.0186. The zero-order valence-corrected chi connectivity index (χ0v) is 14.7. The molecule has 1 aliphatic heterocycles. The van der Waals surface area contributed by atoms with Gasteiger partial charge in [-0.1, -0.05) is 12.1 Å². The number of rotatable bonds is 5. The SMILES string of the molecule is Cn1c(NCC(c2cccc(F)c2)N2CCOCC2)nc2ccncc21. The van der Waals surface area contributed by atoms with Crippen LogP contribution in [0.25, 0.3) is 11.0 Å². The Hall–Kier alpha value is -2.51. The Kier molecular flexibility index (Phi) is 4.81. The number of halogens is 1. The zero-order chi connectivity index (χ0) is 17.9. The van der Waals surface area contributed by atoms with E-state index in [-0.39, 0.29) is 11.9 Å². The monoisotopic (exact) mass is 355 g/mol. The maximum atomic E-state index is 13.8. The summed E-state index contributed by atoms with van der Waals surface area (Å²) < 4.78 is 21.2. The lowest BCUT2D eigenvalue weighted by Gasteiger charge is -2.35. The third-order valence-corrected chi connectivity index (χ3v) is 4.86. The third kappa shape index (κ3) is 3.40. The average molecular weight is 355 g/mol. The maximum Gasteiger partial charge on any atom is 0.203 e. The van der Waals surface area contributed by atoms with Crippen LogP contribution in [0, 0.1) is 5.82 Å². The second kappa shape index (κ2) is 7.39. The minimum Gasteiger partial charge on any atom is -0.379 e. The van der Waals surface area contributed by atoms with Gasteiger partial charge in [-0.05, 0) is 23.8 Å². The van der Waals surface area contributed by atoms with Gasteiger partial charge in [0.25, 0.3) is 0 Å². The molecule has 26 heavy (non-hydrogen) atoms. The van der Waals surface area contributed by atoms with Gasteiger partial charge >= 0.3 is 0 Å². The van der Waals surface area contributed by atoms with Crippen LogP contribution in [0.2, 0.25) is 0 Å². The molecule has 6 nitrogen and oxygen atoms in total. The molecular weight excluding hydrogens is 333 g/mol. The first kappa shape index (κ1) is 16.9. The van der Waals surface area contributed by atoms with Gasteiger partial charge in [-0.15, -0.1) is 0 Å². The van der Waals surface area contributed by atoms with Crippen LogP contribution in [0.15, 0.2) is 42.7 Å². The molecule has 3 heterocycles. The minimum absolute atomic E-state index is 0.0486. The van der Waals surface area contributed by atoms with Crippen LogP contribution < -0.4 is 5.32 Å². The van der Waals surface area contributed by atoms with Crippen molar-refractivity contribution in [2.45, 2.75) is 6.04 Å². The van der Waals surface area contributed by atoms with E-state index in [1.165, 1.54) is 6.07 Å². The first-order chi connectivity index (χ1) is 12.7. The van der Waals surface area contributed by atoms with Crippen molar-refractivity contribution in [3.63, 3.8) is 0 Å². The molecule has 7 heteroatoms. The number of nitrogens with zero attached hydrogens (tertiary/aromatic N) is 4. The number of aryl methyl sites for hydroxylation is 1. The Bertz CT molecular complexity index is 891. The van der Waals surface area contributed by atoms with Crippen LogP contribution in [0.4, 0.5) is 10.3 Å². The Labute approximate surface area is 151 Å². The van der Waals surface area contributed by atoms with E-state index in [1.807, 2.05) is 23.7 Å². The molecule has 1 atom stereocenters. The molecule has 3 aromatic rings. The van der Waals surface area contributed by atoms with Crippen molar-refractivity contribution in [2.75, 3.05) is 38.2 Å². The van der Waals surface area contributed by atoms with E-state index >= 15 is 0 Å². The summed E-state index contributed by atoms with van der Waals surface area (Å²) in [6.45, 7) is 3.69. The summed E-state index contributed by atoms with van der Waals surface area (Å²) in [5.74, 6) is 0.567. The quantitative estimate of drug-likeness (QED) is 0.762. The molecule has 1 aliphatic rings. The zero-order valence-electron chi connectivity index (χ0n) is 14.7. The summed E-state index contributed by atoms with van der Waals surface area (Å²) in [5, 5.41) is 3.44. The van der Waals surface area contributed by atoms with Crippen LogP contribution in [0.1, 0.15) is 11.6 Å². The number of anilines is 1. The number of hydrogen-bond acceptors (Lipinski definition) is 5. The first-order valence-corrected chi connectivity index (χ1v) is 8.80. The number of ether oxygens (including phenoxy) is 1. The van der Waals surface area contributed by atoms with E-state index in [0.717, 1.165) is 35.6 Å². The van der Waals surface area contributed by atoms with Crippen molar-refractivity contribution in [1.29, 1.82) is 0 Å². The molecule has 1 unspecified atom stereocenters. The number of pyridine rings is 1. The summed E-state index contributed by atoms with van der Waals surface area (Å²) in [6, 6.07) is 8.77. The van der Waals surface area contributed by atoms with Gasteiger partial charge in [0.05, 0.1) is 36.5 Å². The Morgan fingerprint density at radius 3 is 2.88 bits per heavy atom. The number of aromatic nitrogens is 3. The van der Waals surface area contributed by atoms with Gasteiger partial charge in [0.15, 0.2) is 0 Å². The molecule has 0 amide bonds. The highest BCUT2D eigenvalue weighted by Gasteiger charge is 2.23. The van der Waals surface area contributed by atoms with Gasteiger partial charge in [0, 0.05) is 32.9 Å². The van der Waals surface area contributed by atoms with E-state index in [4.69, 9.17) is 4.74 Å². The van der Waals surface area contributed by atoms with Gasteiger partial charge < -0.3 is 14.6 Å². The fourth-order valence-corrected chi connectivity index (χ4v) is 3.44. The summed E-state index contributed by atoms with van der Waals surface area (Å²) in [4.78, 5) is 11.1. The molecule has 136 valence electrons. The van der Waals surface area contributed by atoms with Crippen molar-refractivity contribution in [3.8, 4) is 0 Å². The standard InChI is InChI=1S/C19H22FN5O/c1-24-18-12-21-6-5-16(18)23-19(24)22-13-17(25-7-9-26-10-8-25)14-3-2-4-15(20)11-14/h2-6,11-12,17H,7-10,13H2,1H3,(H,22,23). The van der Waals surface area contributed by atoms with Crippen molar-refractivity contribution < 1.29 is 9.13 Å². The van der Waals surface area contributed by atoms with Crippen molar-refractivity contribution in [2.24, 2.45) is 7.05 Å². The summed E-state index contributed by atoms with van der Waals surface area (Å²) in [5.41, 5.74) is 2.84. The van der Waals surface area contributed by atoms with Crippen molar-refractivity contribution in [1.82, 2.24) is 19.4 Å². The molecular formula is C19H22FN5O. The molecule has 1 aromatic carbocycles. The first-order valence-electron chi connectivity index (χ1n) is 8.80. The van der Waals surface area contributed by atoms with Crippen LogP contribution in [-0.2, 0) is 11.8 Å². The average Bonchev–Trinajstić information content (AvgIpc) is 2.99. The normalized spacial score (nSPS) is 16.7. The van der Waals surface area contributed by atoms with E-state index in [2.05, 4.69) is 20.2 Å². The number of imidazole rings is 1. The Morgan fingerprint density at radius 1 is 1.27 bits per heavy atom. The molecule has 1 fully saturated rings. The summed E-state index contributed by atoms with van der Waals surface area (Å²) >= 11 is 0. The molecule has 4 rings (SSSR count). The van der Waals surface area contributed by atoms with E-state index < -0.39 is 0 Å². The number of morpholine rings is 1. The Balaban J connectivity index is 1.58. The van der Waals surface area contributed by atoms with Crippen LogP contribution in [0.5, 0.6) is 0 Å². The molecule has 1 N–H and O–H groups in total. The highest BCUT2D eigenvalue weighted by atomic mass is 19.1. The highest BCUT2D eigenvalue weighted by molar-refractivity contribution is 5.77. The number of nitrogens with one attached hydrogen (secondary N) is 1. The topological polar surface area (TPSA) is 55.2 Å². The molecule has 0 saturated carbocycles. The second-order valence-corrected chi connectivity index (χ2v) is 6.46. The molecule has 2 aromatic heterocycles. The van der Waals surface area contributed by atoms with Crippen LogP contribution in [-0.4, -0.2) is 52.3 Å². The fourth-order valence-electron chi connectivity index (χ4n) is 3.44. The third-order valence-electron chi connectivity index (χ3n) is 4.86. The molecule has 0 radical (unpaired) electrons. The number of benzene rings is 1. The number of fused-ring (bicyclic) bond motifs is 1. The van der Waals surface area contributed by atoms with Gasteiger partial charge in [-0.2, -0.15) is 0 Å². The predicted molar refractivity (Wildman–Crippen MR) is 98.5 cm³/mol. The van der Waals surface area contributed by atoms with Crippen LogP contribution in [0.3, 0.4) is 0 Å². The molecule has 0 spiro atoms. The van der Waals surface area contributed by atoms with Crippen molar-refractivity contribution >= 4 is 17.0 Å². The Morgan fingerprint density at radius 2 is 2.12 bits per heavy atom. The maximum absolute atomic E-state index is 13.8. The summed E-state index contributed by atoms with van der Waals surface area (Å²) in [7, 11) is 1.96. The molecule has 1 saturated heterocycles. The minimum atomic E-state index is -0.213.